The molecule has 7 heteroatoms. The Bertz CT molecular complexity index is 617. The van der Waals surface area contributed by atoms with Crippen molar-refractivity contribution in [1.82, 2.24) is 14.8 Å². The zero-order chi connectivity index (χ0) is 17.1. The lowest BCUT2D eigenvalue weighted by Gasteiger charge is -2.32. The Kier molecular flexibility index (Phi) is 5.65. The highest BCUT2D eigenvalue weighted by atomic mass is 32.2. The molecule has 0 saturated carbocycles. The maximum Gasteiger partial charge on any atom is 0.234 e. The highest BCUT2D eigenvalue weighted by Gasteiger charge is 2.19. The lowest BCUT2D eigenvalue weighted by molar-refractivity contribution is 0.161. The Hall–Kier alpha value is -1.18. The SMILES string of the molecule is CN1CCN(CCS(=O)(=O)Nc2cncc(C(C)(C)C)c2)CC1. The monoisotopic (exact) mass is 340 g/mol. The van der Waals surface area contributed by atoms with Gasteiger partial charge in [-0.3, -0.25) is 14.6 Å². The average Bonchev–Trinajstić information content (AvgIpc) is 2.46. The summed E-state index contributed by atoms with van der Waals surface area (Å²) in [6.07, 6.45) is 3.34. The van der Waals surface area contributed by atoms with Crippen LogP contribution in [0, 0.1) is 0 Å². The minimum atomic E-state index is -3.36. The minimum Gasteiger partial charge on any atom is -0.304 e. The van der Waals surface area contributed by atoms with Gasteiger partial charge in [-0.2, -0.15) is 0 Å². The Balaban J connectivity index is 1.93. The third-order valence-electron chi connectivity index (χ3n) is 4.15. The van der Waals surface area contributed by atoms with Crippen molar-refractivity contribution in [2.75, 3.05) is 50.2 Å². The maximum absolute atomic E-state index is 12.3. The molecule has 1 saturated heterocycles. The molecule has 0 aliphatic carbocycles. The fourth-order valence-electron chi connectivity index (χ4n) is 2.46. The second-order valence-corrected chi connectivity index (χ2v) is 9.12. The summed E-state index contributed by atoms with van der Waals surface area (Å²) >= 11 is 0. The van der Waals surface area contributed by atoms with Crippen LogP contribution >= 0.6 is 0 Å². The molecule has 130 valence electrons. The van der Waals surface area contributed by atoms with Crippen LogP contribution in [0.3, 0.4) is 0 Å². The summed E-state index contributed by atoms with van der Waals surface area (Å²) in [6, 6.07) is 1.86. The van der Waals surface area contributed by atoms with E-state index in [2.05, 4.69) is 47.3 Å². The fraction of sp³-hybridized carbons (Fsp3) is 0.688. The number of piperazine rings is 1. The van der Waals surface area contributed by atoms with Crippen LogP contribution in [0.15, 0.2) is 18.5 Å². The minimum absolute atomic E-state index is 0.0612. The molecule has 0 spiro atoms. The third kappa shape index (κ3) is 5.75. The lowest BCUT2D eigenvalue weighted by atomic mass is 9.88. The second kappa shape index (κ2) is 7.15. The van der Waals surface area contributed by atoms with E-state index in [4.69, 9.17) is 0 Å². The van der Waals surface area contributed by atoms with Crippen LogP contribution in [-0.4, -0.2) is 68.7 Å². The molecule has 23 heavy (non-hydrogen) atoms. The predicted molar refractivity (Wildman–Crippen MR) is 94.3 cm³/mol. The Labute approximate surface area is 139 Å². The summed E-state index contributed by atoms with van der Waals surface area (Å²) < 4.78 is 27.2. The molecule has 0 unspecified atom stereocenters. The number of pyridine rings is 1. The molecule has 0 atom stereocenters. The van der Waals surface area contributed by atoms with Gasteiger partial charge in [0.1, 0.15) is 0 Å². The normalized spacial score (nSPS) is 18.1. The average molecular weight is 340 g/mol. The summed E-state index contributed by atoms with van der Waals surface area (Å²) in [5, 5.41) is 0. The van der Waals surface area contributed by atoms with Gasteiger partial charge in [0.25, 0.3) is 0 Å². The molecular weight excluding hydrogens is 312 g/mol. The maximum atomic E-state index is 12.3. The first-order chi connectivity index (χ1) is 10.7. The van der Waals surface area contributed by atoms with Crippen LogP contribution in [0.25, 0.3) is 0 Å². The van der Waals surface area contributed by atoms with Crippen LogP contribution in [0.4, 0.5) is 5.69 Å². The molecule has 0 aromatic carbocycles. The largest absolute Gasteiger partial charge is 0.304 e. The van der Waals surface area contributed by atoms with E-state index in [1.807, 2.05) is 6.07 Å². The van der Waals surface area contributed by atoms with Crippen LogP contribution in [0.5, 0.6) is 0 Å². The molecule has 2 heterocycles. The van der Waals surface area contributed by atoms with Crippen LogP contribution in [-0.2, 0) is 15.4 Å². The van der Waals surface area contributed by atoms with E-state index in [9.17, 15) is 8.42 Å². The number of likely N-dealkylation sites (N-methyl/N-ethyl adjacent to an activating group) is 1. The number of aromatic nitrogens is 1. The zero-order valence-corrected chi connectivity index (χ0v) is 15.4. The molecular formula is C16H28N4O2S. The van der Waals surface area contributed by atoms with E-state index in [0.717, 1.165) is 31.7 Å². The first kappa shape index (κ1) is 18.2. The van der Waals surface area contributed by atoms with Gasteiger partial charge >= 0.3 is 0 Å². The number of hydrogen-bond acceptors (Lipinski definition) is 5. The number of rotatable bonds is 5. The number of anilines is 1. The lowest BCUT2D eigenvalue weighted by Crippen LogP contribution is -2.46. The van der Waals surface area contributed by atoms with E-state index in [0.29, 0.717) is 12.2 Å². The molecule has 0 bridgehead atoms. The van der Waals surface area contributed by atoms with Crippen molar-refractivity contribution in [2.24, 2.45) is 0 Å². The molecule has 2 rings (SSSR count). The van der Waals surface area contributed by atoms with Gasteiger partial charge in [-0.05, 0) is 24.1 Å². The van der Waals surface area contributed by atoms with Gasteiger partial charge in [0, 0.05) is 38.9 Å². The van der Waals surface area contributed by atoms with Crippen molar-refractivity contribution in [2.45, 2.75) is 26.2 Å². The molecule has 1 fully saturated rings. The van der Waals surface area contributed by atoms with Crippen LogP contribution in [0.2, 0.25) is 0 Å². The van der Waals surface area contributed by atoms with Crippen molar-refractivity contribution in [3.05, 3.63) is 24.0 Å². The number of nitrogens with zero attached hydrogens (tertiary/aromatic N) is 3. The van der Waals surface area contributed by atoms with Gasteiger partial charge in [0.15, 0.2) is 0 Å². The van der Waals surface area contributed by atoms with Gasteiger partial charge in [-0.25, -0.2) is 8.42 Å². The molecule has 0 amide bonds. The summed E-state index contributed by atoms with van der Waals surface area (Å²) in [5.74, 6) is 0.108. The highest BCUT2D eigenvalue weighted by molar-refractivity contribution is 7.92. The van der Waals surface area contributed by atoms with Crippen LogP contribution < -0.4 is 4.72 Å². The molecule has 0 radical (unpaired) electrons. The van der Waals surface area contributed by atoms with Crippen molar-refractivity contribution in [3.63, 3.8) is 0 Å². The van der Waals surface area contributed by atoms with Crippen molar-refractivity contribution in [1.29, 1.82) is 0 Å². The standard InChI is InChI=1S/C16H28N4O2S/c1-16(2,3)14-11-15(13-17-12-14)18-23(21,22)10-9-20-7-5-19(4)6-8-20/h11-13,18H,5-10H2,1-4H3. The van der Waals surface area contributed by atoms with E-state index in [-0.39, 0.29) is 11.2 Å². The molecule has 1 aliphatic rings. The zero-order valence-electron chi connectivity index (χ0n) is 14.5. The number of hydrogen-bond donors (Lipinski definition) is 1. The van der Waals surface area contributed by atoms with E-state index < -0.39 is 10.0 Å². The van der Waals surface area contributed by atoms with E-state index in [1.54, 1.807) is 12.4 Å². The Morgan fingerprint density at radius 2 is 1.83 bits per heavy atom. The third-order valence-corrected chi connectivity index (χ3v) is 5.42. The van der Waals surface area contributed by atoms with Gasteiger partial charge in [-0.15, -0.1) is 0 Å². The second-order valence-electron chi connectivity index (χ2n) is 7.28. The Morgan fingerprint density at radius 3 is 2.43 bits per heavy atom. The fourth-order valence-corrected chi connectivity index (χ4v) is 3.53. The predicted octanol–water partition coefficient (Wildman–Crippen LogP) is 1.37. The van der Waals surface area contributed by atoms with Gasteiger partial charge in [0.05, 0.1) is 17.6 Å². The summed E-state index contributed by atoms with van der Waals surface area (Å²) in [6.45, 7) is 10.6. The molecule has 1 N–H and O–H groups in total. The van der Waals surface area contributed by atoms with Crippen LogP contribution in [0.1, 0.15) is 26.3 Å². The van der Waals surface area contributed by atoms with Crippen molar-refractivity contribution >= 4 is 15.7 Å². The molecule has 1 aromatic heterocycles. The molecule has 6 nitrogen and oxygen atoms in total. The number of nitrogens with one attached hydrogen (secondary N) is 1. The topological polar surface area (TPSA) is 65.5 Å². The van der Waals surface area contributed by atoms with Crippen molar-refractivity contribution in [3.8, 4) is 0 Å². The first-order valence-electron chi connectivity index (χ1n) is 8.03. The molecule has 1 aliphatic heterocycles. The quantitative estimate of drug-likeness (QED) is 0.877. The summed E-state index contributed by atoms with van der Waals surface area (Å²) in [5.41, 5.74) is 1.49. The van der Waals surface area contributed by atoms with Gasteiger partial charge in [0.2, 0.25) is 10.0 Å². The summed E-state index contributed by atoms with van der Waals surface area (Å²) in [7, 11) is -1.27. The van der Waals surface area contributed by atoms with Gasteiger partial charge in [-0.1, -0.05) is 20.8 Å². The van der Waals surface area contributed by atoms with E-state index >= 15 is 0 Å². The Morgan fingerprint density at radius 1 is 1.17 bits per heavy atom. The van der Waals surface area contributed by atoms with Crippen molar-refractivity contribution < 1.29 is 8.42 Å². The smallest absolute Gasteiger partial charge is 0.234 e. The molecule has 1 aromatic rings. The van der Waals surface area contributed by atoms with Gasteiger partial charge < -0.3 is 4.90 Å². The highest BCUT2D eigenvalue weighted by Crippen LogP contribution is 2.23. The van der Waals surface area contributed by atoms with E-state index in [1.165, 1.54) is 0 Å². The number of sulfonamides is 1. The first-order valence-corrected chi connectivity index (χ1v) is 9.68. The summed E-state index contributed by atoms with van der Waals surface area (Å²) in [4.78, 5) is 8.61.